The van der Waals surface area contributed by atoms with Crippen LogP contribution < -0.4 is 5.46 Å². The fourth-order valence-corrected chi connectivity index (χ4v) is 2.13. The van der Waals surface area contributed by atoms with E-state index in [0.717, 1.165) is 18.2 Å². The quantitative estimate of drug-likeness (QED) is 0.618. The smallest absolute Gasteiger partial charge is 0.399 e. The van der Waals surface area contributed by atoms with Crippen LogP contribution >= 0.6 is 0 Å². The number of carbonyl (C=O) groups excluding carboxylic acids is 1. The molecule has 0 amide bonds. The van der Waals surface area contributed by atoms with Gasteiger partial charge in [0.1, 0.15) is 6.29 Å². The Morgan fingerprint density at radius 2 is 1.74 bits per heavy atom. The lowest BCUT2D eigenvalue weighted by atomic mass is 9.75. The molecule has 1 fully saturated rings. The van der Waals surface area contributed by atoms with E-state index in [2.05, 4.69) is 6.92 Å². The molecule has 1 aromatic rings. The molecular weight excluding hydrogens is 239 g/mol. The van der Waals surface area contributed by atoms with Crippen LogP contribution in [0.4, 0.5) is 0 Å². The van der Waals surface area contributed by atoms with Gasteiger partial charge in [-0.15, -0.1) is 0 Å². The zero-order valence-corrected chi connectivity index (χ0v) is 12.3. The molecule has 1 saturated heterocycles. The van der Waals surface area contributed by atoms with Crippen molar-refractivity contribution in [2.45, 2.75) is 52.2 Å². The van der Waals surface area contributed by atoms with Crippen LogP contribution in [-0.2, 0) is 15.7 Å². The summed E-state index contributed by atoms with van der Waals surface area (Å²) in [5.41, 5.74) is 1.86. The molecule has 1 aliphatic rings. The zero-order valence-electron chi connectivity index (χ0n) is 12.3. The molecule has 0 atom stereocenters. The molecule has 0 unspecified atom stereocenters. The van der Waals surface area contributed by atoms with Crippen molar-refractivity contribution in [3.05, 3.63) is 29.3 Å². The molecule has 1 aromatic carbocycles. The third kappa shape index (κ3) is 2.47. The molecule has 0 spiro atoms. The van der Waals surface area contributed by atoms with Gasteiger partial charge in [0.2, 0.25) is 0 Å². The van der Waals surface area contributed by atoms with E-state index in [1.807, 2.05) is 45.9 Å². The summed E-state index contributed by atoms with van der Waals surface area (Å²) < 4.78 is 12.0. The molecule has 102 valence electrons. The van der Waals surface area contributed by atoms with Gasteiger partial charge in [-0.1, -0.05) is 25.1 Å². The van der Waals surface area contributed by atoms with Crippen molar-refractivity contribution >= 4 is 18.9 Å². The summed E-state index contributed by atoms with van der Waals surface area (Å²) in [6.07, 6.45) is 1.78. The number of hydrogen-bond acceptors (Lipinski definition) is 3. The molecule has 0 saturated carbocycles. The minimum atomic E-state index is -0.475. The summed E-state index contributed by atoms with van der Waals surface area (Å²) in [5.74, 6) is 0. The number of rotatable bonds is 3. The van der Waals surface area contributed by atoms with Gasteiger partial charge in [-0.25, -0.2) is 0 Å². The Morgan fingerprint density at radius 3 is 2.21 bits per heavy atom. The Bertz CT molecular complexity index is 478. The first-order valence-electron chi connectivity index (χ1n) is 6.74. The van der Waals surface area contributed by atoms with Crippen molar-refractivity contribution in [1.82, 2.24) is 0 Å². The van der Waals surface area contributed by atoms with Crippen LogP contribution in [0.2, 0.25) is 0 Å². The molecular formula is C15H21BO3. The summed E-state index contributed by atoms with van der Waals surface area (Å²) >= 11 is 0. The standard InChI is InChI=1S/C15H21BO3/c1-6-11-7-8-12(10-17)13(9-11)16-18-14(2,3)15(4,5)19-16/h7-10H,6H2,1-5H3. The highest BCUT2D eigenvalue weighted by molar-refractivity contribution is 6.63. The molecule has 2 rings (SSSR count). The predicted molar refractivity (Wildman–Crippen MR) is 76.9 cm³/mol. The molecule has 0 radical (unpaired) electrons. The topological polar surface area (TPSA) is 35.5 Å². The monoisotopic (exact) mass is 260 g/mol. The van der Waals surface area contributed by atoms with Crippen molar-refractivity contribution in [1.29, 1.82) is 0 Å². The third-order valence-electron chi connectivity index (χ3n) is 4.19. The van der Waals surface area contributed by atoms with Crippen LogP contribution in [0.15, 0.2) is 18.2 Å². The summed E-state index contributed by atoms with van der Waals surface area (Å²) in [6.45, 7) is 10.1. The number of aldehydes is 1. The highest BCUT2D eigenvalue weighted by atomic mass is 16.7. The van der Waals surface area contributed by atoms with Crippen LogP contribution in [-0.4, -0.2) is 24.6 Å². The van der Waals surface area contributed by atoms with Gasteiger partial charge in [-0.05, 0) is 45.1 Å². The Hall–Kier alpha value is -1.13. The van der Waals surface area contributed by atoms with E-state index in [9.17, 15) is 4.79 Å². The summed E-state index contributed by atoms with van der Waals surface area (Å²) in [6, 6.07) is 5.82. The van der Waals surface area contributed by atoms with Gasteiger partial charge in [-0.2, -0.15) is 0 Å². The minimum absolute atomic E-state index is 0.389. The van der Waals surface area contributed by atoms with E-state index >= 15 is 0 Å². The zero-order chi connectivity index (χ0) is 14.3. The molecule has 0 N–H and O–H groups in total. The van der Waals surface area contributed by atoms with Gasteiger partial charge in [-0.3, -0.25) is 4.79 Å². The van der Waals surface area contributed by atoms with E-state index in [4.69, 9.17) is 9.31 Å². The first kappa shape index (κ1) is 14.3. The molecule has 1 aliphatic heterocycles. The predicted octanol–water partition coefficient (Wildman–Crippen LogP) is 2.36. The fraction of sp³-hybridized carbons (Fsp3) is 0.533. The second-order valence-electron chi connectivity index (χ2n) is 6.02. The lowest BCUT2D eigenvalue weighted by Crippen LogP contribution is -2.41. The van der Waals surface area contributed by atoms with Crippen LogP contribution in [0, 0.1) is 0 Å². The van der Waals surface area contributed by atoms with E-state index < -0.39 is 7.12 Å². The van der Waals surface area contributed by atoms with Crippen LogP contribution in [0.3, 0.4) is 0 Å². The van der Waals surface area contributed by atoms with Crippen molar-refractivity contribution in [3.63, 3.8) is 0 Å². The fourth-order valence-electron chi connectivity index (χ4n) is 2.13. The van der Waals surface area contributed by atoms with Gasteiger partial charge in [0.15, 0.2) is 0 Å². The molecule has 19 heavy (non-hydrogen) atoms. The number of hydrogen-bond donors (Lipinski definition) is 0. The van der Waals surface area contributed by atoms with Crippen LogP contribution in [0.1, 0.15) is 50.5 Å². The van der Waals surface area contributed by atoms with Gasteiger partial charge in [0.25, 0.3) is 0 Å². The largest absolute Gasteiger partial charge is 0.495 e. The van der Waals surface area contributed by atoms with Crippen LogP contribution in [0.5, 0.6) is 0 Å². The first-order valence-corrected chi connectivity index (χ1v) is 6.74. The Labute approximate surface area is 115 Å². The molecule has 0 aromatic heterocycles. The van der Waals surface area contributed by atoms with Crippen molar-refractivity contribution in [2.75, 3.05) is 0 Å². The average Bonchev–Trinajstić information content (AvgIpc) is 2.57. The average molecular weight is 260 g/mol. The van der Waals surface area contributed by atoms with Gasteiger partial charge >= 0.3 is 7.12 Å². The van der Waals surface area contributed by atoms with E-state index in [1.165, 1.54) is 5.56 Å². The minimum Gasteiger partial charge on any atom is -0.399 e. The van der Waals surface area contributed by atoms with E-state index in [-0.39, 0.29) is 11.2 Å². The summed E-state index contributed by atoms with van der Waals surface area (Å²) in [7, 11) is -0.475. The highest BCUT2D eigenvalue weighted by Crippen LogP contribution is 2.36. The van der Waals surface area contributed by atoms with Crippen molar-refractivity contribution < 1.29 is 14.1 Å². The normalized spacial score (nSPS) is 20.6. The van der Waals surface area contributed by atoms with Crippen LogP contribution in [0.25, 0.3) is 0 Å². The number of carbonyl (C=O) groups is 1. The van der Waals surface area contributed by atoms with Crippen molar-refractivity contribution in [3.8, 4) is 0 Å². The number of benzene rings is 1. The van der Waals surface area contributed by atoms with Crippen molar-refractivity contribution in [2.24, 2.45) is 0 Å². The Kier molecular flexibility index (Phi) is 3.58. The lowest BCUT2D eigenvalue weighted by Gasteiger charge is -2.32. The lowest BCUT2D eigenvalue weighted by molar-refractivity contribution is 0.00578. The van der Waals surface area contributed by atoms with E-state index in [1.54, 1.807) is 0 Å². The maximum atomic E-state index is 11.2. The maximum Gasteiger partial charge on any atom is 0.495 e. The van der Waals surface area contributed by atoms with Gasteiger partial charge in [0.05, 0.1) is 11.2 Å². The second kappa shape index (κ2) is 4.76. The summed E-state index contributed by atoms with van der Waals surface area (Å²) in [5, 5.41) is 0. The molecule has 1 heterocycles. The van der Waals surface area contributed by atoms with E-state index in [0.29, 0.717) is 5.56 Å². The molecule has 0 bridgehead atoms. The van der Waals surface area contributed by atoms with Gasteiger partial charge in [0, 0.05) is 5.56 Å². The molecule has 4 heteroatoms. The molecule has 0 aliphatic carbocycles. The maximum absolute atomic E-state index is 11.2. The highest BCUT2D eigenvalue weighted by Gasteiger charge is 2.52. The Morgan fingerprint density at radius 1 is 1.16 bits per heavy atom. The second-order valence-corrected chi connectivity index (χ2v) is 6.02. The summed E-state index contributed by atoms with van der Waals surface area (Å²) in [4.78, 5) is 11.2. The SMILES string of the molecule is CCc1ccc(C=O)c(B2OC(C)(C)C(C)(C)O2)c1. The molecule has 3 nitrogen and oxygen atoms in total. The number of aryl methyl sites for hydroxylation is 1. The van der Waals surface area contributed by atoms with Gasteiger partial charge < -0.3 is 9.31 Å². The third-order valence-corrected chi connectivity index (χ3v) is 4.19. The first-order chi connectivity index (χ1) is 8.80. The Balaban J connectivity index is 2.40.